The Kier molecular flexibility index (Phi) is 9.03. The summed E-state index contributed by atoms with van der Waals surface area (Å²) in [5.41, 5.74) is 2.68. The molecule has 0 spiro atoms. The van der Waals surface area contributed by atoms with Crippen molar-refractivity contribution in [3.63, 3.8) is 0 Å². The molecule has 0 aromatic heterocycles. The Hall–Kier alpha value is -2.71. The van der Waals surface area contributed by atoms with Gasteiger partial charge in [-0.2, -0.15) is 0 Å². The van der Waals surface area contributed by atoms with Gasteiger partial charge in [-0.3, -0.25) is 4.90 Å². The number of aliphatic hydroxyl groups is 2. The maximum Gasteiger partial charge on any atom is 0.126 e. The highest BCUT2D eigenvalue weighted by Crippen LogP contribution is 2.31. The summed E-state index contributed by atoms with van der Waals surface area (Å²) in [4.78, 5) is 2.01. The third kappa shape index (κ3) is 6.79. The van der Waals surface area contributed by atoms with E-state index in [9.17, 15) is 19.0 Å². The van der Waals surface area contributed by atoms with Crippen molar-refractivity contribution in [2.75, 3.05) is 13.1 Å². The molecule has 2 heterocycles. The Morgan fingerprint density at radius 1 is 0.757 bits per heavy atom. The zero-order valence-electron chi connectivity index (χ0n) is 20.4. The van der Waals surface area contributed by atoms with Gasteiger partial charge < -0.3 is 19.7 Å². The van der Waals surface area contributed by atoms with Crippen LogP contribution in [-0.4, -0.2) is 52.6 Å². The first-order valence-corrected chi connectivity index (χ1v) is 12.5. The molecule has 3 aromatic carbocycles. The van der Waals surface area contributed by atoms with Crippen molar-refractivity contribution in [1.29, 1.82) is 0 Å². The summed E-state index contributed by atoms with van der Waals surface area (Å²) in [6.07, 6.45) is -0.0167. The number of aliphatic hydroxyl groups excluding tert-OH is 2. The summed E-state index contributed by atoms with van der Waals surface area (Å²) in [6.45, 7) is 1.13. The van der Waals surface area contributed by atoms with Crippen molar-refractivity contribution >= 4 is 12.4 Å². The summed E-state index contributed by atoms with van der Waals surface area (Å²) in [7, 11) is 0. The normalized spacial score (nSPS) is 20.0. The molecule has 37 heavy (non-hydrogen) atoms. The van der Waals surface area contributed by atoms with Gasteiger partial charge in [-0.05, 0) is 78.8 Å². The van der Waals surface area contributed by atoms with Crippen molar-refractivity contribution in [2.45, 2.75) is 56.6 Å². The minimum Gasteiger partial charge on any atom is -0.487 e. The lowest BCUT2D eigenvalue weighted by Crippen LogP contribution is -2.48. The van der Waals surface area contributed by atoms with Gasteiger partial charge in [-0.25, -0.2) is 8.78 Å². The van der Waals surface area contributed by atoms with E-state index < -0.39 is 24.4 Å². The summed E-state index contributed by atoms with van der Waals surface area (Å²) in [5.74, 6) is 0.619. The molecular formula is C29H32ClF2NO4. The molecule has 2 aliphatic rings. The summed E-state index contributed by atoms with van der Waals surface area (Å²) in [6, 6.07) is 18.8. The number of benzene rings is 3. The van der Waals surface area contributed by atoms with Gasteiger partial charge in [0.25, 0.3) is 0 Å². The Morgan fingerprint density at radius 3 is 1.73 bits per heavy atom. The van der Waals surface area contributed by atoms with Crippen LogP contribution in [0.5, 0.6) is 11.5 Å². The molecule has 0 saturated carbocycles. The van der Waals surface area contributed by atoms with Crippen LogP contribution < -0.4 is 9.47 Å². The van der Waals surface area contributed by atoms with Gasteiger partial charge in [-0.15, -0.1) is 12.4 Å². The molecule has 2 N–H and O–H groups in total. The van der Waals surface area contributed by atoms with E-state index in [0.29, 0.717) is 56.8 Å². The smallest absolute Gasteiger partial charge is 0.126 e. The molecule has 5 rings (SSSR count). The number of aryl methyl sites for hydroxylation is 2. The Morgan fingerprint density at radius 2 is 1.24 bits per heavy atom. The van der Waals surface area contributed by atoms with Crippen LogP contribution in [0.3, 0.4) is 0 Å². The zero-order valence-corrected chi connectivity index (χ0v) is 21.2. The lowest BCUT2D eigenvalue weighted by Gasteiger charge is -2.35. The van der Waals surface area contributed by atoms with Crippen LogP contribution in [0.25, 0.3) is 0 Å². The average Bonchev–Trinajstić information content (AvgIpc) is 2.88. The Labute approximate surface area is 222 Å². The third-order valence-corrected chi connectivity index (χ3v) is 7.00. The predicted octanol–water partition coefficient (Wildman–Crippen LogP) is 4.70. The summed E-state index contributed by atoms with van der Waals surface area (Å²) < 4.78 is 39.1. The van der Waals surface area contributed by atoms with Crippen molar-refractivity contribution in [3.05, 3.63) is 95.1 Å². The fraction of sp³-hybridized carbons (Fsp3) is 0.379. The van der Waals surface area contributed by atoms with E-state index in [-0.39, 0.29) is 24.0 Å². The van der Waals surface area contributed by atoms with Crippen LogP contribution in [0.2, 0.25) is 0 Å². The van der Waals surface area contributed by atoms with Crippen LogP contribution in [0.15, 0.2) is 66.7 Å². The lowest BCUT2D eigenvalue weighted by atomic mass is 9.97. The van der Waals surface area contributed by atoms with Gasteiger partial charge in [0.15, 0.2) is 0 Å². The number of nitrogens with zero attached hydrogens (tertiary/aromatic N) is 1. The van der Waals surface area contributed by atoms with Crippen molar-refractivity contribution in [3.8, 4) is 11.5 Å². The quantitative estimate of drug-likeness (QED) is 0.441. The Balaban J connectivity index is 0.00000320. The minimum atomic E-state index is -0.796. The van der Waals surface area contributed by atoms with Gasteiger partial charge in [0.05, 0.1) is 0 Å². The first kappa shape index (κ1) is 27.3. The van der Waals surface area contributed by atoms with Gasteiger partial charge >= 0.3 is 0 Å². The molecule has 198 valence electrons. The van der Waals surface area contributed by atoms with E-state index >= 15 is 0 Å². The number of fused-ring (bicyclic) bond motifs is 2. The molecule has 0 aliphatic carbocycles. The van der Waals surface area contributed by atoms with E-state index in [4.69, 9.17) is 9.47 Å². The van der Waals surface area contributed by atoms with Crippen LogP contribution >= 0.6 is 12.4 Å². The molecule has 8 heteroatoms. The van der Waals surface area contributed by atoms with E-state index in [2.05, 4.69) is 0 Å². The number of rotatable bonds is 8. The first-order chi connectivity index (χ1) is 17.4. The highest BCUT2D eigenvalue weighted by atomic mass is 35.5. The maximum absolute atomic E-state index is 13.5. The van der Waals surface area contributed by atoms with Gasteiger partial charge in [-0.1, -0.05) is 30.3 Å². The molecule has 0 amide bonds. The van der Waals surface area contributed by atoms with E-state index in [1.807, 2.05) is 35.2 Å². The Bertz CT molecular complexity index is 1110. The van der Waals surface area contributed by atoms with Crippen molar-refractivity contribution in [1.82, 2.24) is 4.90 Å². The average molecular weight is 532 g/mol. The molecule has 0 saturated heterocycles. The second-order valence-corrected chi connectivity index (χ2v) is 9.71. The first-order valence-electron chi connectivity index (χ1n) is 12.5. The topological polar surface area (TPSA) is 62.2 Å². The fourth-order valence-corrected chi connectivity index (χ4v) is 5.11. The largest absolute Gasteiger partial charge is 0.487 e. The monoisotopic (exact) mass is 531 g/mol. The predicted molar refractivity (Wildman–Crippen MR) is 139 cm³/mol. The molecule has 3 aromatic rings. The number of hydrogen-bond donors (Lipinski definition) is 2. The van der Waals surface area contributed by atoms with Gasteiger partial charge in [0, 0.05) is 19.6 Å². The molecule has 5 nitrogen and oxygen atoms in total. The number of ether oxygens (including phenoxy) is 2. The summed E-state index contributed by atoms with van der Waals surface area (Å²) in [5, 5.41) is 22.2. The van der Waals surface area contributed by atoms with E-state index in [1.54, 1.807) is 12.1 Å². The number of hydrogen-bond acceptors (Lipinski definition) is 5. The van der Waals surface area contributed by atoms with Crippen molar-refractivity contribution in [2.24, 2.45) is 0 Å². The lowest BCUT2D eigenvalue weighted by molar-refractivity contribution is -0.0295. The van der Waals surface area contributed by atoms with Crippen LogP contribution in [0.1, 0.15) is 29.5 Å². The second-order valence-electron chi connectivity index (χ2n) is 9.71. The molecule has 4 unspecified atom stereocenters. The fourth-order valence-electron chi connectivity index (χ4n) is 5.11. The second kappa shape index (κ2) is 12.2. The molecule has 2 aliphatic heterocycles. The standard InChI is InChI=1S/C29H31F2NO4.ClH/c30-22-8-12-26-20(14-22)6-10-28(35-26)24(33)17-32(16-19-4-2-1-3-5-19)18-25(34)29-11-7-21-15-23(31)9-13-27(21)36-29;/h1-5,8-9,12-15,24-25,28-29,33-34H,6-7,10-11,16-18H2;1H. The highest BCUT2D eigenvalue weighted by Gasteiger charge is 2.32. The van der Waals surface area contributed by atoms with Crippen molar-refractivity contribution < 1.29 is 28.5 Å². The molecule has 0 bridgehead atoms. The third-order valence-electron chi connectivity index (χ3n) is 7.00. The van der Waals surface area contributed by atoms with Crippen LogP contribution in [0.4, 0.5) is 8.78 Å². The minimum absolute atomic E-state index is 0. The molecule has 0 radical (unpaired) electrons. The van der Waals surface area contributed by atoms with Crippen LogP contribution in [-0.2, 0) is 19.4 Å². The zero-order chi connectivity index (χ0) is 25.1. The number of halogens is 3. The maximum atomic E-state index is 13.5. The van der Waals surface area contributed by atoms with Crippen LogP contribution in [0, 0.1) is 11.6 Å². The van der Waals surface area contributed by atoms with E-state index in [1.165, 1.54) is 24.3 Å². The molecular weight excluding hydrogens is 500 g/mol. The van der Waals surface area contributed by atoms with Gasteiger partial charge in [0.2, 0.25) is 0 Å². The molecule has 4 atom stereocenters. The highest BCUT2D eigenvalue weighted by molar-refractivity contribution is 5.85. The molecule has 0 fully saturated rings. The van der Waals surface area contributed by atoms with Gasteiger partial charge in [0.1, 0.15) is 47.5 Å². The summed E-state index contributed by atoms with van der Waals surface area (Å²) >= 11 is 0. The van der Waals surface area contributed by atoms with E-state index in [0.717, 1.165) is 16.7 Å². The SMILES string of the molecule is Cl.OC(CN(Cc1ccccc1)CC(O)C1CCc2cc(F)ccc2O1)C1CCc2cc(F)ccc2O1.